The maximum Gasteiger partial charge on any atom is 0.259 e. The van der Waals surface area contributed by atoms with Gasteiger partial charge in [-0.2, -0.15) is 0 Å². The number of anilines is 1. The second-order valence-electron chi connectivity index (χ2n) is 8.86. The van der Waals surface area contributed by atoms with Gasteiger partial charge in [-0.15, -0.1) is 11.3 Å². The van der Waals surface area contributed by atoms with Crippen LogP contribution in [0.5, 0.6) is 11.5 Å². The lowest BCUT2D eigenvalue weighted by atomic mass is 9.96. The van der Waals surface area contributed by atoms with Crippen LogP contribution in [0.25, 0.3) is 0 Å². The zero-order chi connectivity index (χ0) is 24.9. The molecule has 0 saturated heterocycles. The van der Waals surface area contributed by atoms with Crippen molar-refractivity contribution in [1.82, 2.24) is 0 Å². The van der Waals surface area contributed by atoms with Crippen LogP contribution >= 0.6 is 27.3 Å². The number of aliphatic imine (C=N–C) groups is 1. The standard InChI is InChI=1S/C28H31BrN2O3S/c1-17-11-12-18(2)22(13-17)31-27(32)26-20-9-7-5-6-8-10-25(20)35-28(26)30-16-19-14-23(33-3)24(34-4)15-21(19)29/h11-16H,5-10H2,1-4H3,(H,31,32). The zero-order valence-corrected chi connectivity index (χ0v) is 23.1. The minimum atomic E-state index is -0.0877. The van der Waals surface area contributed by atoms with Crippen LogP contribution in [-0.2, 0) is 12.8 Å². The molecule has 0 atom stereocenters. The molecule has 4 rings (SSSR count). The molecule has 184 valence electrons. The van der Waals surface area contributed by atoms with Crippen LogP contribution in [0.2, 0.25) is 0 Å². The molecule has 5 nitrogen and oxygen atoms in total. The summed E-state index contributed by atoms with van der Waals surface area (Å²) in [5, 5.41) is 3.92. The van der Waals surface area contributed by atoms with E-state index >= 15 is 0 Å². The number of ether oxygens (including phenoxy) is 2. The zero-order valence-electron chi connectivity index (χ0n) is 20.7. The van der Waals surface area contributed by atoms with Crippen molar-refractivity contribution >= 4 is 50.1 Å². The number of nitrogens with one attached hydrogen (secondary N) is 1. The fourth-order valence-corrected chi connectivity index (χ4v) is 6.04. The van der Waals surface area contributed by atoms with Crippen molar-refractivity contribution in [2.75, 3.05) is 19.5 Å². The number of amides is 1. The average molecular weight is 556 g/mol. The van der Waals surface area contributed by atoms with Gasteiger partial charge in [0.05, 0.1) is 19.8 Å². The van der Waals surface area contributed by atoms with Gasteiger partial charge < -0.3 is 14.8 Å². The number of hydrogen-bond donors (Lipinski definition) is 1. The fourth-order valence-electron chi connectivity index (χ4n) is 4.38. The first-order valence-corrected chi connectivity index (χ1v) is 13.5. The van der Waals surface area contributed by atoms with Gasteiger partial charge in [0.25, 0.3) is 5.91 Å². The van der Waals surface area contributed by atoms with E-state index in [0.717, 1.165) is 63.1 Å². The van der Waals surface area contributed by atoms with Crippen LogP contribution in [0.15, 0.2) is 39.8 Å². The SMILES string of the molecule is COc1cc(Br)c(C=Nc2sc3c(c2C(=O)Nc2cc(C)ccc2C)CCCCCC3)cc1OC. The number of carbonyl (C=O) groups is 1. The van der Waals surface area contributed by atoms with Crippen LogP contribution in [0.1, 0.15) is 63.2 Å². The summed E-state index contributed by atoms with van der Waals surface area (Å²) in [6.07, 6.45) is 8.38. The number of aryl methyl sites for hydroxylation is 3. The first-order valence-electron chi connectivity index (χ1n) is 11.9. The molecule has 0 aliphatic heterocycles. The van der Waals surface area contributed by atoms with Crippen molar-refractivity contribution in [3.05, 3.63) is 67.5 Å². The largest absolute Gasteiger partial charge is 0.493 e. The molecule has 35 heavy (non-hydrogen) atoms. The van der Waals surface area contributed by atoms with Gasteiger partial charge in [0.1, 0.15) is 5.00 Å². The molecule has 7 heteroatoms. The van der Waals surface area contributed by atoms with Crippen molar-refractivity contribution in [2.24, 2.45) is 4.99 Å². The lowest BCUT2D eigenvalue weighted by Crippen LogP contribution is -2.15. The molecule has 1 amide bonds. The maximum atomic E-state index is 13.7. The Morgan fingerprint density at radius 1 is 1.03 bits per heavy atom. The van der Waals surface area contributed by atoms with E-state index in [9.17, 15) is 4.79 Å². The Kier molecular flexibility index (Phi) is 8.29. The average Bonchev–Trinajstić information content (AvgIpc) is 3.16. The summed E-state index contributed by atoms with van der Waals surface area (Å²) in [4.78, 5) is 19.8. The van der Waals surface area contributed by atoms with Crippen LogP contribution in [0.4, 0.5) is 10.7 Å². The van der Waals surface area contributed by atoms with Crippen LogP contribution in [-0.4, -0.2) is 26.3 Å². The second-order valence-corrected chi connectivity index (χ2v) is 10.8. The number of thiophene rings is 1. The highest BCUT2D eigenvalue weighted by atomic mass is 79.9. The molecule has 1 N–H and O–H groups in total. The van der Waals surface area contributed by atoms with Gasteiger partial charge >= 0.3 is 0 Å². The summed E-state index contributed by atoms with van der Waals surface area (Å²) in [5.41, 5.74) is 5.73. The van der Waals surface area contributed by atoms with Gasteiger partial charge in [-0.1, -0.05) is 25.0 Å². The Balaban J connectivity index is 1.75. The molecule has 1 heterocycles. The Bertz CT molecular complexity index is 1270. The van der Waals surface area contributed by atoms with Crippen LogP contribution < -0.4 is 14.8 Å². The fraction of sp³-hybridized carbons (Fsp3) is 0.357. The smallest absolute Gasteiger partial charge is 0.259 e. The normalized spacial score (nSPS) is 13.7. The van der Waals surface area contributed by atoms with Gasteiger partial charge in [-0.25, -0.2) is 4.99 Å². The number of carbonyl (C=O) groups excluding carboxylic acids is 1. The van der Waals surface area contributed by atoms with E-state index in [2.05, 4.69) is 27.3 Å². The van der Waals surface area contributed by atoms with Crippen LogP contribution in [0.3, 0.4) is 0 Å². The molecule has 1 aliphatic carbocycles. The van der Waals surface area contributed by atoms with E-state index in [1.54, 1.807) is 31.8 Å². The van der Waals surface area contributed by atoms with E-state index in [-0.39, 0.29) is 5.91 Å². The lowest BCUT2D eigenvalue weighted by Gasteiger charge is -2.13. The molecule has 3 aromatic rings. The van der Waals surface area contributed by atoms with Gasteiger partial charge in [0, 0.05) is 26.8 Å². The second kappa shape index (κ2) is 11.4. The highest BCUT2D eigenvalue weighted by molar-refractivity contribution is 9.10. The third-order valence-electron chi connectivity index (χ3n) is 6.34. The van der Waals surface area contributed by atoms with Crippen molar-refractivity contribution in [3.63, 3.8) is 0 Å². The van der Waals surface area contributed by atoms with E-state index in [1.165, 1.54) is 17.7 Å². The topological polar surface area (TPSA) is 59.9 Å². The number of benzene rings is 2. The predicted molar refractivity (Wildman–Crippen MR) is 149 cm³/mol. The van der Waals surface area contributed by atoms with Crippen molar-refractivity contribution < 1.29 is 14.3 Å². The third kappa shape index (κ3) is 5.78. The predicted octanol–water partition coefficient (Wildman–Crippen LogP) is 7.81. The Morgan fingerprint density at radius 2 is 1.74 bits per heavy atom. The Morgan fingerprint density at radius 3 is 2.49 bits per heavy atom. The number of hydrogen-bond acceptors (Lipinski definition) is 5. The Labute approximate surface area is 219 Å². The molecular formula is C28H31BrN2O3S. The van der Waals surface area contributed by atoms with Gasteiger partial charge in [-0.3, -0.25) is 4.79 Å². The molecule has 2 aromatic carbocycles. The van der Waals surface area contributed by atoms with Crippen molar-refractivity contribution in [1.29, 1.82) is 0 Å². The maximum absolute atomic E-state index is 13.7. The lowest BCUT2D eigenvalue weighted by molar-refractivity contribution is 0.102. The monoisotopic (exact) mass is 554 g/mol. The van der Waals surface area contributed by atoms with E-state index in [0.29, 0.717) is 17.1 Å². The van der Waals surface area contributed by atoms with Crippen molar-refractivity contribution in [3.8, 4) is 11.5 Å². The number of fused-ring (bicyclic) bond motifs is 1. The van der Waals surface area contributed by atoms with Gasteiger partial charge in [-0.05, 0) is 90.4 Å². The van der Waals surface area contributed by atoms with Gasteiger partial charge in [0.15, 0.2) is 11.5 Å². The molecular weight excluding hydrogens is 524 g/mol. The number of halogens is 1. The highest BCUT2D eigenvalue weighted by Gasteiger charge is 2.24. The summed E-state index contributed by atoms with van der Waals surface area (Å²) in [6.45, 7) is 4.05. The van der Waals surface area contributed by atoms with E-state index in [4.69, 9.17) is 14.5 Å². The molecule has 0 fully saturated rings. The van der Waals surface area contributed by atoms with Gasteiger partial charge in [0.2, 0.25) is 0 Å². The van der Waals surface area contributed by atoms with E-state index in [1.807, 2.05) is 38.1 Å². The summed E-state index contributed by atoms with van der Waals surface area (Å²) in [5.74, 6) is 1.18. The number of nitrogens with zero attached hydrogens (tertiary/aromatic N) is 1. The first-order chi connectivity index (χ1) is 16.9. The number of rotatable bonds is 6. The Hall–Kier alpha value is -2.64. The highest BCUT2D eigenvalue weighted by Crippen LogP contribution is 2.40. The molecule has 0 spiro atoms. The molecule has 1 aliphatic rings. The number of methoxy groups -OCH3 is 2. The minimum Gasteiger partial charge on any atom is -0.493 e. The molecule has 0 saturated carbocycles. The summed E-state index contributed by atoms with van der Waals surface area (Å²) < 4.78 is 11.7. The molecule has 1 aromatic heterocycles. The van der Waals surface area contributed by atoms with Crippen molar-refractivity contribution in [2.45, 2.75) is 52.4 Å². The summed E-state index contributed by atoms with van der Waals surface area (Å²) in [7, 11) is 3.22. The third-order valence-corrected chi connectivity index (χ3v) is 8.23. The first kappa shape index (κ1) is 25.5. The van der Waals surface area contributed by atoms with E-state index < -0.39 is 0 Å². The minimum absolute atomic E-state index is 0.0877. The summed E-state index contributed by atoms with van der Waals surface area (Å²) >= 11 is 5.25. The molecule has 0 unspecified atom stereocenters. The quantitative estimate of drug-likeness (QED) is 0.316. The molecule has 0 radical (unpaired) electrons. The molecule has 0 bridgehead atoms. The van der Waals surface area contributed by atoms with Crippen LogP contribution in [0, 0.1) is 13.8 Å². The summed E-state index contributed by atoms with van der Waals surface area (Å²) in [6, 6.07) is 9.86.